The lowest BCUT2D eigenvalue weighted by molar-refractivity contribution is -0.110. The minimum Gasteiger partial charge on any atom is -0.390 e. The number of hydrogen-bond acceptors (Lipinski definition) is 6. The Morgan fingerprint density at radius 3 is 2.67 bits per heavy atom. The van der Waals surface area contributed by atoms with Gasteiger partial charge in [-0.3, -0.25) is 14.5 Å². The highest BCUT2D eigenvalue weighted by molar-refractivity contribution is 7.91. The number of aromatic nitrogens is 1. The van der Waals surface area contributed by atoms with Crippen LogP contribution in [0.1, 0.15) is 32.9 Å². The quantitative estimate of drug-likeness (QED) is 0.463. The molecule has 2 aliphatic rings. The van der Waals surface area contributed by atoms with E-state index in [0.717, 1.165) is 11.3 Å². The third-order valence-electron chi connectivity index (χ3n) is 6.11. The lowest BCUT2D eigenvalue weighted by atomic mass is 10.0. The predicted molar refractivity (Wildman–Crippen MR) is 127 cm³/mol. The van der Waals surface area contributed by atoms with E-state index in [1.54, 1.807) is 13.0 Å². The molecule has 0 bridgehead atoms. The topological polar surface area (TPSA) is 132 Å². The zero-order valence-corrected chi connectivity index (χ0v) is 19.5. The summed E-state index contributed by atoms with van der Waals surface area (Å²) in [5.41, 5.74) is 4.63. The van der Waals surface area contributed by atoms with Gasteiger partial charge in [-0.15, -0.1) is 0 Å². The standard InChI is InChI=1S/C23H28N4O5S/c1-14-20(11-18-17-5-3-4-6-19(17)26-22(18)29)25-15(2)21(14)23(30)24-12-16(28)13-27-7-9-33(31,32)10-8-27/h3-6,11,16,25,28H,7-10,12-13H2,1-2H3,(H,24,30)(H,26,29)/t16-/m1/s1. The molecule has 33 heavy (non-hydrogen) atoms. The molecule has 0 radical (unpaired) electrons. The number of nitrogens with zero attached hydrogens (tertiary/aromatic N) is 1. The van der Waals surface area contributed by atoms with Crippen LogP contribution in [-0.2, 0) is 14.6 Å². The third kappa shape index (κ3) is 5.02. The molecule has 1 aromatic heterocycles. The lowest BCUT2D eigenvalue weighted by Crippen LogP contribution is -2.46. The second-order valence-corrected chi connectivity index (χ2v) is 10.8. The molecule has 9 nitrogen and oxygen atoms in total. The van der Waals surface area contributed by atoms with Crippen molar-refractivity contribution < 1.29 is 23.1 Å². The van der Waals surface area contributed by atoms with E-state index in [9.17, 15) is 23.1 Å². The molecule has 176 valence electrons. The summed E-state index contributed by atoms with van der Waals surface area (Å²) >= 11 is 0. The maximum Gasteiger partial charge on any atom is 0.256 e. The fourth-order valence-corrected chi connectivity index (χ4v) is 5.56. The molecule has 2 amide bonds. The highest BCUT2D eigenvalue weighted by Crippen LogP contribution is 2.33. The fraction of sp³-hybridized carbons (Fsp3) is 0.391. The molecule has 0 unspecified atom stereocenters. The summed E-state index contributed by atoms with van der Waals surface area (Å²) in [5, 5.41) is 15.9. The minimum absolute atomic E-state index is 0.0539. The molecule has 1 atom stereocenters. The number of benzene rings is 1. The van der Waals surface area contributed by atoms with Crippen LogP contribution in [0, 0.1) is 13.8 Å². The number of carbonyl (C=O) groups excluding carboxylic acids is 2. The molecule has 0 saturated carbocycles. The van der Waals surface area contributed by atoms with Crippen molar-refractivity contribution >= 4 is 39.0 Å². The summed E-state index contributed by atoms with van der Waals surface area (Å²) in [7, 11) is -2.98. The van der Waals surface area contributed by atoms with Crippen LogP contribution in [-0.4, -0.2) is 79.0 Å². The number of aliphatic hydroxyl groups is 1. The van der Waals surface area contributed by atoms with Crippen LogP contribution in [0.2, 0.25) is 0 Å². The summed E-state index contributed by atoms with van der Waals surface area (Å²) in [6, 6.07) is 7.44. The molecule has 1 fully saturated rings. The summed E-state index contributed by atoms with van der Waals surface area (Å²) in [6.45, 7) is 4.73. The van der Waals surface area contributed by atoms with E-state index in [1.807, 2.05) is 36.1 Å². The molecule has 10 heteroatoms. The third-order valence-corrected chi connectivity index (χ3v) is 7.72. The Labute approximate surface area is 192 Å². The van der Waals surface area contributed by atoms with Gasteiger partial charge in [-0.25, -0.2) is 8.42 Å². The van der Waals surface area contributed by atoms with Crippen LogP contribution in [0.25, 0.3) is 11.6 Å². The fourth-order valence-electron chi connectivity index (χ4n) is 4.28. The van der Waals surface area contributed by atoms with Crippen molar-refractivity contribution in [2.24, 2.45) is 0 Å². The van der Waals surface area contributed by atoms with Gasteiger partial charge in [0.05, 0.1) is 28.7 Å². The van der Waals surface area contributed by atoms with Crippen molar-refractivity contribution in [1.29, 1.82) is 0 Å². The molecule has 4 N–H and O–H groups in total. The van der Waals surface area contributed by atoms with Gasteiger partial charge < -0.3 is 20.7 Å². The maximum absolute atomic E-state index is 12.8. The first-order valence-corrected chi connectivity index (χ1v) is 12.7. The molecule has 2 aliphatic heterocycles. The monoisotopic (exact) mass is 472 g/mol. The van der Waals surface area contributed by atoms with Crippen LogP contribution in [0.4, 0.5) is 5.69 Å². The van der Waals surface area contributed by atoms with Crippen molar-refractivity contribution in [3.63, 3.8) is 0 Å². The normalized spacial score (nSPS) is 19.8. The number of rotatable bonds is 6. The SMILES string of the molecule is Cc1[nH]c(C=C2C(=O)Nc3ccccc32)c(C)c1C(=O)NC[C@@H](O)CN1CCS(=O)(=O)CC1. The van der Waals surface area contributed by atoms with E-state index < -0.39 is 15.9 Å². The molecular formula is C23H28N4O5S. The average Bonchev–Trinajstić information content (AvgIpc) is 3.23. The van der Waals surface area contributed by atoms with E-state index in [1.165, 1.54) is 0 Å². The second kappa shape index (κ2) is 9.12. The second-order valence-electron chi connectivity index (χ2n) is 8.54. The number of amides is 2. The lowest BCUT2D eigenvalue weighted by Gasteiger charge is -2.28. The summed E-state index contributed by atoms with van der Waals surface area (Å²) in [4.78, 5) is 30.3. The predicted octanol–water partition coefficient (Wildman–Crippen LogP) is 0.945. The van der Waals surface area contributed by atoms with Crippen LogP contribution in [0.3, 0.4) is 0 Å². The Balaban J connectivity index is 1.42. The Hall–Kier alpha value is -2.95. The largest absolute Gasteiger partial charge is 0.390 e. The number of para-hydroxylation sites is 1. The van der Waals surface area contributed by atoms with Gasteiger partial charge in [-0.2, -0.15) is 0 Å². The van der Waals surface area contributed by atoms with E-state index >= 15 is 0 Å². The van der Waals surface area contributed by atoms with Gasteiger partial charge in [-0.05, 0) is 31.6 Å². The molecule has 4 rings (SSSR count). The van der Waals surface area contributed by atoms with E-state index in [2.05, 4.69) is 15.6 Å². The van der Waals surface area contributed by atoms with Crippen molar-refractivity contribution in [3.05, 3.63) is 52.3 Å². The molecular weight excluding hydrogens is 444 g/mol. The molecule has 0 aliphatic carbocycles. The Kier molecular flexibility index (Phi) is 6.42. The first-order chi connectivity index (χ1) is 15.6. The van der Waals surface area contributed by atoms with E-state index in [0.29, 0.717) is 47.7 Å². The van der Waals surface area contributed by atoms with Gasteiger partial charge in [0.1, 0.15) is 0 Å². The highest BCUT2D eigenvalue weighted by atomic mass is 32.2. The number of sulfone groups is 1. The number of fused-ring (bicyclic) bond motifs is 1. The van der Waals surface area contributed by atoms with E-state index in [-0.39, 0.29) is 29.9 Å². The molecule has 0 spiro atoms. The number of aryl methyl sites for hydroxylation is 1. The minimum atomic E-state index is -2.98. The van der Waals surface area contributed by atoms with Gasteiger partial charge in [0, 0.05) is 48.8 Å². The van der Waals surface area contributed by atoms with Crippen molar-refractivity contribution in [2.75, 3.05) is 43.0 Å². The maximum atomic E-state index is 12.8. The van der Waals surface area contributed by atoms with Crippen LogP contribution in [0.5, 0.6) is 0 Å². The molecule has 1 aromatic carbocycles. The summed E-state index contributed by atoms with van der Waals surface area (Å²) < 4.78 is 23.1. The van der Waals surface area contributed by atoms with Crippen LogP contribution >= 0.6 is 0 Å². The summed E-state index contributed by atoms with van der Waals surface area (Å²) in [5.74, 6) is -0.326. The Bertz CT molecular complexity index is 1220. The smallest absolute Gasteiger partial charge is 0.256 e. The van der Waals surface area contributed by atoms with Gasteiger partial charge in [0.25, 0.3) is 11.8 Å². The number of carbonyl (C=O) groups is 2. The van der Waals surface area contributed by atoms with Crippen molar-refractivity contribution in [1.82, 2.24) is 15.2 Å². The van der Waals surface area contributed by atoms with E-state index in [4.69, 9.17) is 0 Å². The average molecular weight is 473 g/mol. The van der Waals surface area contributed by atoms with Gasteiger partial charge in [0.15, 0.2) is 9.84 Å². The molecule has 1 saturated heterocycles. The zero-order valence-electron chi connectivity index (χ0n) is 18.6. The van der Waals surface area contributed by atoms with Crippen LogP contribution in [0.15, 0.2) is 24.3 Å². The number of aliphatic hydroxyl groups excluding tert-OH is 1. The molecule has 3 heterocycles. The highest BCUT2D eigenvalue weighted by Gasteiger charge is 2.26. The number of aromatic amines is 1. The van der Waals surface area contributed by atoms with Crippen molar-refractivity contribution in [2.45, 2.75) is 20.0 Å². The van der Waals surface area contributed by atoms with Gasteiger partial charge in [0.2, 0.25) is 0 Å². The summed E-state index contributed by atoms with van der Waals surface area (Å²) in [6.07, 6.45) is 0.939. The number of anilines is 1. The number of nitrogens with one attached hydrogen (secondary N) is 3. The number of H-pyrrole nitrogens is 1. The van der Waals surface area contributed by atoms with Gasteiger partial charge >= 0.3 is 0 Å². The Morgan fingerprint density at radius 1 is 1.24 bits per heavy atom. The number of β-amino-alcohol motifs (C(OH)–C–C–N with tert-alkyl or cyclic N) is 1. The number of hydrogen-bond donors (Lipinski definition) is 4. The first kappa shape index (κ1) is 23.2. The van der Waals surface area contributed by atoms with Gasteiger partial charge in [-0.1, -0.05) is 18.2 Å². The van der Waals surface area contributed by atoms with Crippen LogP contribution < -0.4 is 10.6 Å². The Morgan fingerprint density at radius 2 is 1.94 bits per heavy atom. The molecule has 2 aromatic rings. The first-order valence-electron chi connectivity index (χ1n) is 10.9. The zero-order chi connectivity index (χ0) is 23.8. The van der Waals surface area contributed by atoms with Crippen molar-refractivity contribution in [3.8, 4) is 0 Å².